The lowest BCUT2D eigenvalue weighted by Gasteiger charge is -2.43. The lowest BCUT2D eigenvalue weighted by Crippen LogP contribution is -2.54. The quantitative estimate of drug-likeness (QED) is 0.581. The van der Waals surface area contributed by atoms with Crippen LogP contribution < -0.4 is 20.4 Å². The van der Waals surface area contributed by atoms with Gasteiger partial charge in [-0.2, -0.15) is 0 Å². The van der Waals surface area contributed by atoms with E-state index in [4.69, 9.17) is 0 Å². The maximum atomic E-state index is 12.9. The Hall–Kier alpha value is -3.13. The maximum absolute atomic E-state index is 12.9. The van der Waals surface area contributed by atoms with Crippen LogP contribution in [0.25, 0.3) is 0 Å². The number of aromatic nitrogens is 1. The number of amides is 2. The van der Waals surface area contributed by atoms with Crippen LogP contribution in [0.15, 0.2) is 36.5 Å². The largest absolute Gasteiger partial charge is 0.355 e. The molecule has 0 bridgehead atoms. The fraction of sp³-hybridized carbons (Fsp3) is 0.500. The highest BCUT2D eigenvalue weighted by Crippen LogP contribution is 2.41. The van der Waals surface area contributed by atoms with Gasteiger partial charge in [0, 0.05) is 37.0 Å². The molecule has 1 unspecified atom stereocenters. The third-order valence-electron chi connectivity index (χ3n) is 6.79. The highest BCUT2D eigenvalue weighted by molar-refractivity contribution is 6.05. The number of anilines is 4. The minimum absolute atomic E-state index is 0.0813. The topological polar surface area (TPSA) is 80.8 Å². The number of carbonyl (C=O) groups excluding carboxylic acids is 2. The monoisotopic (exact) mass is 464 g/mol. The van der Waals surface area contributed by atoms with E-state index in [2.05, 4.69) is 25.4 Å². The summed E-state index contributed by atoms with van der Waals surface area (Å²) >= 11 is 0. The Kier molecular flexibility index (Phi) is 7.36. The van der Waals surface area contributed by atoms with Crippen LogP contribution in [0.4, 0.5) is 22.9 Å². The number of nitrogens with one attached hydrogen (secondary N) is 2. The average Bonchev–Trinajstić information content (AvgIpc) is 3.35. The second-order valence-corrected chi connectivity index (χ2v) is 9.60. The Balaban J connectivity index is 1.51. The van der Waals surface area contributed by atoms with Crippen molar-refractivity contribution >= 4 is 34.7 Å². The molecular formula is C26H36N6O2. The van der Waals surface area contributed by atoms with Gasteiger partial charge in [0.1, 0.15) is 11.9 Å². The predicted octanol–water partition coefficient (Wildman–Crippen LogP) is 3.62. The number of rotatable bonds is 8. The minimum Gasteiger partial charge on any atom is -0.355 e. The number of hydrogen-bond acceptors (Lipinski definition) is 6. The summed E-state index contributed by atoms with van der Waals surface area (Å²) < 4.78 is 0. The number of pyridine rings is 1. The SMILES string of the molecule is CC1C(=O)N(C)c2cnc(Nc3cccc(C(=O)NCCCN(C)C)c3)cc2N1C1CCCC1. The standard InChI is InChI=1S/C26H36N6O2/c1-18-26(34)31(4)23-17-28-24(16-22(23)32(18)21-11-5-6-12-21)29-20-10-7-9-19(15-20)25(33)27-13-8-14-30(2)3/h7,9-10,15-18,21H,5-6,8,11-14H2,1-4H3,(H,27,33)(H,28,29). The van der Waals surface area contributed by atoms with Gasteiger partial charge in [-0.3, -0.25) is 9.59 Å². The van der Waals surface area contributed by atoms with Crippen LogP contribution in [0.2, 0.25) is 0 Å². The normalized spacial score (nSPS) is 18.4. The number of carbonyl (C=O) groups is 2. The van der Waals surface area contributed by atoms with Gasteiger partial charge in [0.25, 0.3) is 5.91 Å². The Labute approximate surface area is 202 Å². The molecule has 2 aliphatic rings. The number of likely N-dealkylation sites (N-methyl/N-ethyl adjacent to an activating group) is 1. The lowest BCUT2D eigenvalue weighted by molar-refractivity contribution is -0.119. The maximum Gasteiger partial charge on any atom is 0.251 e. The second kappa shape index (κ2) is 10.4. The van der Waals surface area contributed by atoms with Crippen LogP contribution in [0, 0.1) is 0 Å². The molecule has 2 aromatic rings. The molecule has 0 spiro atoms. The van der Waals surface area contributed by atoms with Crippen molar-refractivity contribution in [2.45, 2.75) is 51.1 Å². The van der Waals surface area contributed by atoms with Gasteiger partial charge in [-0.05, 0) is 65.0 Å². The first kappa shape index (κ1) is 24.0. The number of benzene rings is 1. The highest BCUT2D eigenvalue weighted by atomic mass is 16.2. The van der Waals surface area contributed by atoms with Crippen molar-refractivity contribution in [1.29, 1.82) is 0 Å². The summed E-state index contributed by atoms with van der Waals surface area (Å²) in [6, 6.07) is 9.66. The zero-order valence-corrected chi connectivity index (χ0v) is 20.7. The van der Waals surface area contributed by atoms with Crippen molar-refractivity contribution in [1.82, 2.24) is 15.2 Å². The molecule has 2 heterocycles. The van der Waals surface area contributed by atoms with Crippen molar-refractivity contribution in [3.63, 3.8) is 0 Å². The molecule has 1 aliphatic heterocycles. The van der Waals surface area contributed by atoms with Crippen LogP contribution in [0.1, 0.15) is 49.4 Å². The average molecular weight is 465 g/mol. The summed E-state index contributed by atoms with van der Waals surface area (Å²) in [5.41, 5.74) is 3.29. The predicted molar refractivity (Wildman–Crippen MR) is 137 cm³/mol. The Morgan fingerprint density at radius 2 is 1.94 bits per heavy atom. The van der Waals surface area contributed by atoms with Gasteiger partial charge >= 0.3 is 0 Å². The molecule has 1 fully saturated rings. The summed E-state index contributed by atoms with van der Waals surface area (Å²) in [6.45, 7) is 3.57. The van der Waals surface area contributed by atoms with E-state index in [0.717, 1.165) is 42.9 Å². The van der Waals surface area contributed by atoms with Crippen molar-refractivity contribution in [3.8, 4) is 0 Å². The van der Waals surface area contributed by atoms with Crippen LogP contribution in [0.5, 0.6) is 0 Å². The highest BCUT2D eigenvalue weighted by Gasteiger charge is 2.38. The molecular weight excluding hydrogens is 428 g/mol. The van der Waals surface area contributed by atoms with Gasteiger partial charge in [-0.1, -0.05) is 18.9 Å². The minimum atomic E-state index is -0.199. The van der Waals surface area contributed by atoms with Crippen LogP contribution in [-0.4, -0.2) is 68.0 Å². The lowest BCUT2D eigenvalue weighted by atomic mass is 10.0. The molecule has 1 saturated carbocycles. The third kappa shape index (κ3) is 5.17. The molecule has 2 amide bonds. The molecule has 8 nitrogen and oxygen atoms in total. The van der Waals surface area contributed by atoms with Crippen molar-refractivity contribution in [3.05, 3.63) is 42.1 Å². The Bertz CT molecular complexity index is 1030. The number of fused-ring (bicyclic) bond motifs is 1. The van der Waals surface area contributed by atoms with E-state index in [-0.39, 0.29) is 17.9 Å². The van der Waals surface area contributed by atoms with Crippen LogP contribution >= 0.6 is 0 Å². The zero-order valence-electron chi connectivity index (χ0n) is 20.7. The smallest absolute Gasteiger partial charge is 0.251 e. The second-order valence-electron chi connectivity index (χ2n) is 9.60. The van der Waals surface area contributed by atoms with Crippen molar-refractivity contribution in [2.75, 3.05) is 49.3 Å². The number of hydrogen-bond donors (Lipinski definition) is 2. The molecule has 0 saturated heterocycles. The molecule has 8 heteroatoms. The fourth-order valence-corrected chi connectivity index (χ4v) is 4.98. The summed E-state index contributed by atoms with van der Waals surface area (Å²) in [5, 5.41) is 6.34. The van der Waals surface area contributed by atoms with E-state index >= 15 is 0 Å². The third-order valence-corrected chi connectivity index (χ3v) is 6.79. The van der Waals surface area contributed by atoms with E-state index in [9.17, 15) is 9.59 Å². The molecule has 1 aromatic carbocycles. The molecule has 0 radical (unpaired) electrons. The van der Waals surface area contributed by atoms with Crippen LogP contribution in [-0.2, 0) is 4.79 Å². The first-order chi connectivity index (χ1) is 16.3. The van der Waals surface area contributed by atoms with Crippen molar-refractivity contribution in [2.24, 2.45) is 0 Å². The van der Waals surface area contributed by atoms with E-state index in [1.807, 2.05) is 58.4 Å². The van der Waals surface area contributed by atoms with E-state index in [0.29, 0.717) is 24.0 Å². The van der Waals surface area contributed by atoms with Gasteiger partial charge in [0.15, 0.2) is 0 Å². The van der Waals surface area contributed by atoms with Gasteiger partial charge in [-0.25, -0.2) is 4.98 Å². The Morgan fingerprint density at radius 1 is 1.18 bits per heavy atom. The van der Waals surface area contributed by atoms with Gasteiger partial charge in [0.05, 0.1) is 17.6 Å². The summed E-state index contributed by atoms with van der Waals surface area (Å²) in [7, 11) is 5.86. The van der Waals surface area contributed by atoms with E-state index in [1.165, 1.54) is 12.8 Å². The molecule has 4 rings (SSSR count). The zero-order chi connectivity index (χ0) is 24.2. The molecule has 182 valence electrons. The van der Waals surface area contributed by atoms with Gasteiger partial charge in [0.2, 0.25) is 5.91 Å². The van der Waals surface area contributed by atoms with Gasteiger partial charge in [-0.15, -0.1) is 0 Å². The number of nitrogens with zero attached hydrogens (tertiary/aromatic N) is 4. The summed E-state index contributed by atoms with van der Waals surface area (Å²) in [6.07, 6.45) is 7.29. The fourth-order valence-electron chi connectivity index (χ4n) is 4.98. The molecule has 1 aromatic heterocycles. The first-order valence-electron chi connectivity index (χ1n) is 12.2. The molecule has 1 atom stereocenters. The van der Waals surface area contributed by atoms with Crippen molar-refractivity contribution < 1.29 is 9.59 Å². The van der Waals surface area contributed by atoms with E-state index in [1.54, 1.807) is 11.1 Å². The van der Waals surface area contributed by atoms with Gasteiger partial charge < -0.3 is 25.3 Å². The molecule has 1 aliphatic carbocycles. The molecule has 34 heavy (non-hydrogen) atoms. The molecule has 2 N–H and O–H groups in total. The van der Waals surface area contributed by atoms with Crippen LogP contribution in [0.3, 0.4) is 0 Å². The summed E-state index contributed by atoms with van der Waals surface area (Å²) in [4.78, 5) is 36.1. The first-order valence-corrected chi connectivity index (χ1v) is 12.2. The summed E-state index contributed by atoms with van der Waals surface area (Å²) in [5.74, 6) is 0.716. The van der Waals surface area contributed by atoms with E-state index < -0.39 is 0 Å². The Morgan fingerprint density at radius 3 is 2.68 bits per heavy atom.